The minimum absolute atomic E-state index is 0.0820. The van der Waals surface area contributed by atoms with E-state index < -0.39 is 0 Å². The molecule has 0 saturated carbocycles. The summed E-state index contributed by atoms with van der Waals surface area (Å²) in [7, 11) is 0. The van der Waals surface area contributed by atoms with E-state index in [4.69, 9.17) is 0 Å². The Morgan fingerprint density at radius 2 is 2.00 bits per heavy atom. The molecule has 26 heavy (non-hydrogen) atoms. The Hall–Kier alpha value is -3.22. The number of aromatic amines is 1. The third kappa shape index (κ3) is 3.28. The fraction of sp³-hybridized carbons (Fsp3) is 0.263. The Bertz CT molecular complexity index is 986. The first-order valence-electron chi connectivity index (χ1n) is 8.62. The number of amides is 1. The maximum Gasteiger partial charge on any atom is 0.272 e. The van der Waals surface area contributed by atoms with Crippen LogP contribution in [0.25, 0.3) is 10.8 Å². The van der Waals surface area contributed by atoms with Gasteiger partial charge in [0.15, 0.2) is 0 Å². The Morgan fingerprint density at radius 3 is 2.81 bits per heavy atom. The molecule has 1 aromatic carbocycles. The van der Waals surface area contributed by atoms with Crippen LogP contribution in [0.15, 0.2) is 53.5 Å². The third-order valence-corrected chi connectivity index (χ3v) is 4.63. The van der Waals surface area contributed by atoms with E-state index in [1.807, 2.05) is 30.3 Å². The van der Waals surface area contributed by atoms with Crippen molar-refractivity contribution in [1.82, 2.24) is 20.5 Å². The number of hydrogen-bond donors (Lipinski definition) is 2. The van der Waals surface area contributed by atoms with Gasteiger partial charge in [0, 0.05) is 30.7 Å². The van der Waals surface area contributed by atoms with Crippen molar-refractivity contribution >= 4 is 22.5 Å². The number of aromatic nitrogens is 3. The summed E-state index contributed by atoms with van der Waals surface area (Å²) >= 11 is 0. The molecule has 1 amide bonds. The number of pyridine rings is 1. The van der Waals surface area contributed by atoms with Gasteiger partial charge in [0.1, 0.15) is 5.82 Å². The van der Waals surface area contributed by atoms with Crippen LogP contribution in [0.3, 0.4) is 0 Å². The second-order valence-corrected chi connectivity index (χ2v) is 6.41. The zero-order chi connectivity index (χ0) is 17.9. The van der Waals surface area contributed by atoms with Gasteiger partial charge in [0.25, 0.3) is 5.56 Å². The molecule has 0 radical (unpaired) electrons. The molecule has 132 valence electrons. The van der Waals surface area contributed by atoms with Crippen molar-refractivity contribution in [3.63, 3.8) is 0 Å². The summed E-state index contributed by atoms with van der Waals surface area (Å²) in [6.45, 7) is 1.60. The lowest BCUT2D eigenvalue weighted by Crippen LogP contribution is -2.38. The van der Waals surface area contributed by atoms with E-state index in [1.165, 1.54) is 0 Å². The summed E-state index contributed by atoms with van der Waals surface area (Å²) in [6.07, 6.45) is 2.79. The first kappa shape index (κ1) is 16.3. The topological polar surface area (TPSA) is 91.0 Å². The summed E-state index contributed by atoms with van der Waals surface area (Å²) in [5.74, 6) is 0.833. The van der Waals surface area contributed by atoms with Crippen LogP contribution in [0.2, 0.25) is 0 Å². The maximum atomic E-state index is 12.5. The van der Waals surface area contributed by atoms with Gasteiger partial charge >= 0.3 is 0 Å². The molecule has 1 aliphatic rings. The highest BCUT2D eigenvalue weighted by atomic mass is 16.1. The van der Waals surface area contributed by atoms with Crippen molar-refractivity contribution in [2.45, 2.75) is 18.9 Å². The number of benzene rings is 1. The standard InChI is InChI=1S/C19H19N5O2/c25-18(11-16-14-5-1-2-6-15(14)19(26)23-22-16)21-13-8-10-24(12-13)17-7-3-4-9-20-17/h1-7,9,13H,8,10-12H2,(H,21,25)(H,23,26). The fourth-order valence-corrected chi connectivity index (χ4v) is 3.36. The summed E-state index contributed by atoms with van der Waals surface area (Å²) in [6, 6.07) is 13.1. The van der Waals surface area contributed by atoms with Gasteiger partial charge in [-0.05, 0) is 24.6 Å². The SMILES string of the molecule is O=C(Cc1n[nH]c(=O)c2ccccc12)NC1CCN(c2ccccn2)C1. The van der Waals surface area contributed by atoms with Crippen molar-refractivity contribution in [3.05, 3.63) is 64.7 Å². The zero-order valence-electron chi connectivity index (χ0n) is 14.2. The molecule has 3 aromatic rings. The van der Waals surface area contributed by atoms with Gasteiger partial charge in [0.2, 0.25) is 5.91 Å². The first-order chi connectivity index (χ1) is 12.7. The van der Waals surface area contributed by atoms with Gasteiger partial charge in [-0.15, -0.1) is 0 Å². The molecule has 1 unspecified atom stereocenters. The van der Waals surface area contributed by atoms with E-state index in [9.17, 15) is 9.59 Å². The largest absolute Gasteiger partial charge is 0.354 e. The molecule has 0 bridgehead atoms. The van der Waals surface area contributed by atoms with Crippen LogP contribution in [0, 0.1) is 0 Å². The Balaban J connectivity index is 1.42. The monoisotopic (exact) mass is 349 g/mol. The quantitative estimate of drug-likeness (QED) is 0.740. The number of fused-ring (bicyclic) bond motifs is 1. The minimum atomic E-state index is -0.244. The summed E-state index contributed by atoms with van der Waals surface area (Å²) in [4.78, 5) is 30.8. The van der Waals surface area contributed by atoms with Crippen LogP contribution in [0.5, 0.6) is 0 Å². The molecule has 1 atom stereocenters. The smallest absolute Gasteiger partial charge is 0.272 e. The molecule has 1 saturated heterocycles. The van der Waals surface area contributed by atoms with Gasteiger partial charge in [0.05, 0.1) is 17.5 Å². The number of rotatable bonds is 4. The predicted molar refractivity (Wildman–Crippen MR) is 99.1 cm³/mol. The molecule has 7 heteroatoms. The molecular weight excluding hydrogens is 330 g/mol. The van der Waals surface area contributed by atoms with E-state index in [0.717, 1.165) is 25.3 Å². The molecule has 7 nitrogen and oxygen atoms in total. The zero-order valence-corrected chi connectivity index (χ0v) is 14.2. The lowest BCUT2D eigenvalue weighted by atomic mass is 10.1. The number of nitrogens with one attached hydrogen (secondary N) is 2. The predicted octanol–water partition coefficient (Wildman–Crippen LogP) is 1.26. The molecule has 1 fully saturated rings. The molecular formula is C19H19N5O2. The average Bonchev–Trinajstić information content (AvgIpc) is 3.13. The van der Waals surface area contributed by atoms with Crippen LogP contribution < -0.4 is 15.8 Å². The normalized spacial score (nSPS) is 16.8. The van der Waals surface area contributed by atoms with Crippen LogP contribution in [-0.2, 0) is 11.2 Å². The van der Waals surface area contributed by atoms with E-state index in [2.05, 4.69) is 25.4 Å². The van der Waals surface area contributed by atoms with E-state index >= 15 is 0 Å². The van der Waals surface area contributed by atoms with E-state index in [-0.39, 0.29) is 23.9 Å². The molecule has 0 aliphatic carbocycles. The van der Waals surface area contributed by atoms with Crippen LogP contribution in [0.4, 0.5) is 5.82 Å². The van der Waals surface area contributed by atoms with Crippen molar-refractivity contribution < 1.29 is 4.79 Å². The Morgan fingerprint density at radius 1 is 1.19 bits per heavy atom. The highest BCUT2D eigenvalue weighted by molar-refractivity contribution is 5.88. The first-order valence-corrected chi connectivity index (χ1v) is 8.62. The molecule has 4 rings (SSSR count). The van der Waals surface area contributed by atoms with E-state index in [1.54, 1.807) is 18.3 Å². The molecule has 1 aliphatic heterocycles. The van der Waals surface area contributed by atoms with Crippen LogP contribution in [0.1, 0.15) is 12.1 Å². The second kappa shape index (κ2) is 6.95. The van der Waals surface area contributed by atoms with Gasteiger partial charge in [-0.25, -0.2) is 10.1 Å². The third-order valence-electron chi connectivity index (χ3n) is 4.63. The van der Waals surface area contributed by atoms with Crippen molar-refractivity contribution in [3.8, 4) is 0 Å². The highest BCUT2D eigenvalue weighted by Crippen LogP contribution is 2.18. The lowest BCUT2D eigenvalue weighted by molar-refractivity contribution is -0.121. The van der Waals surface area contributed by atoms with Gasteiger partial charge in [-0.3, -0.25) is 9.59 Å². The van der Waals surface area contributed by atoms with Gasteiger partial charge < -0.3 is 10.2 Å². The number of H-pyrrole nitrogens is 1. The van der Waals surface area contributed by atoms with E-state index in [0.29, 0.717) is 16.5 Å². The number of carbonyl (C=O) groups excluding carboxylic acids is 1. The summed E-state index contributed by atoms with van der Waals surface area (Å²) in [5.41, 5.74) is 0.337. The molecule has 0 spiro atoms. The average molecular weight is 349 g/mol. The van der Waals surface area contributed by atoms with Crippen LogP contribution >= 0.6 is 0 Å². The maximum absolute atomic E-state index is 12.5. The number of carbonyl (C=O) groups is 1. The minimum Gasteiger partial charge on any atom is -0.354 e. The van der Waals surface area contributed by atoms with Gasteiger partial charge in [-0.1, -0.05) is 24.3 Å². The number of anilines is 1. The molecule has 2 N–H and O–H groups in total. The fourth-order valence-electron chi connectivity index (χ4n) is 3.36. The number of hydrogen-bond acceptors (Lipinski definition) is 5. The van der Waals surface area contributed by atoms with Crippen LogP contribution in [-0.4, -0.2) is 40.2 Å². The van der Waals surface area contributed by atoms with Crippen molar-refractivity contribution in [2.24, 2.45) is 0 Å². The lowest BCUT2D eigenvalue weighted by Gasteiger charge is -2.17. The molecule has 3 heterocycles. The van der Waals surface area contributed by atoms with Crippen molar-refractivity contribution in [2.75, 3.05) is 18.0 Å². The number of nitrogens with zero attached hydrogens (tertiary/aromatic N) is 3. The highest BCUT2D eigenvalue weighted by Gasteiger charge is 2.25. The Labute approximate surface area is 150 Å². The van der Waals surface area contributed by atoms with Crippen molar-refractivity contribution in [1.29, 1.82) is 0 Å². The summed E-state index contributed by atoms with van der Waals surface area (Å²) < 4.78 is 0. The Kier molecular flexibility index (Phi) is 4.35. The second-order valence-electron chi connectivity index (χ2n) is 6.41. The summed E-state index contributed by atoms with van der Waals surface area (Å²) in [5, 5.41) is 10.9. The van der Waals surface area contributed by atoms with Gasteiger partial charge in [-0.2, -0.15) is 5.10 Å². The molecule has 2 aromatic heterocycles.